The second-order valence-electron chi connectivity index (χ2n) is 9.51. The Balaban J connectivity index is 1.57. The van der Waals surface area contributed by atoms with Gasteiger partial charge in [0, 0.05) is 29.2 Å². The van der Waals surface area contributed by atoms with Crippen LogP contribution in [0.25, 0.3) is 10.9 Å². The van der Waals surface area contributed by atoms with Crippen LogP contribution in [0.15, 0.2) is 54.7 Å². The zero-order chi connectivity index (χ0) is 27.7. The van der Waals surface area contributed by atoms with Crippen molar-refractivity contribution in [2.45, 2.75) is 52.2 Å². The first-order chi connectivity index (χ1) is 18.1. The predicted octanol–water partition coefficient (Wildman–Crippen LogP) is 4.28. The maximum atomic E-state index is 13.0. The number of carbonyl (C=O) groups is 4. The molecule has 0 aliphatic carbocycles. The maximum Gasteiger partial charge on any atom is 0.408 e. The largest absolute Gasteiger partial charge is 0.444 e. The molecule has 202 valence electrons. The summed E-state index contributed by atoms with van der Waals surface area (Å²) in [4.78, 5) is 53.1. The van der Waals surface area contributed by atoms with Crippen molar-refractivity contribution in [3.8, 4) is 0 Å². The normalized spacial score (nSPS) is 11.9. The van der Waals surface area contributed by atoms with E-state index in [4.69, 9.17) is 4.74 Å². The standard InChI is InChI=1S/C27H33N5O5S/c1-5-17-10-6-8-12-20(17)29-23(33)16-38-26(36)32-31-24(34)22(30-25(35)37-27(2,3)4)14-18-15-28-21-13-9-7-11-19(18)21/h6-13,15,22,28H,5,14,16H2,1-4H3,(H,29,33)(H,30,35)(H,31,34)(H,32,36)/t22-/m0/s1. The highest BCUT2D eigenvalue weighted by Crippen LogP contribution is 2.20. The molecule has 2 aromatic carbocycles. The lowest BCUT2D eigenvalue weighted by Crippen LogP contribution is -2.53. The fourth-order valence-corrected chi connectivity index (χ4v) is 4.14. The van der Waals surface area contributed by atoms with Crippen LogP contribution in [0.1, 0.15) is 38.8 Å². The SMILES string of the molecule is CCc1ccccc1NC(=O)CSC(=O)NNC(=O)[C@H](Cc1c[nH]c2ccccc12)NC(=O)OC(C)(C)C. The molecule has 0 bridgehead atoms. The topological polar surface area (TPSA) is 141 Å². The van der Waals surface area contributed by atoms with Crippen molar-refractivity contribution in [3.05, 3.63) is 65.9 Å². The number of ether oxygens (including phenoxy) is 1. The molecule has 1 heterocycles. The fraction of sp³-hybridized carbons (Fsp3) is 0.333. The number of aryl methyl sites for hydroxylation is 1. The molecule has 3 aromatic rings. The lowest BCUT2D eigenvalue weighted by molar-refractivity contribution is -0.123. The van der Waals surface area contributed by atoms with Crippen molar-refractivity contribution in [1.82, 2.24) is 21.2 Å². The molecule has 3 rings (SSSR count). The molecule has 0 unspecified atom stereocenters. The number of hydrogen-bond acceptors (Lipinski definition) is 6. The average Bonchev–Trinajstić information content (AvgIpc) is 3.27. The van der Waals surface area contributed by atoms with E-state index in [9.17, 15) is 19.2 Å². The maximum absolute atomic E-state index is 13.0. The minimum atomic E-state index is -1.04. The third-order valence-corrected chi connectivity index (χ3v) is 6.17. The number of carbonyl (C=O) groups excluding carboxylic acids is 4. The number of fused-ring (bicyclic) bond motifs is 1. The first-order valence-electron chi connectivity index (χ1n) is 12.2. The smallest absolute Gasteiger partial charge is 0.408 e. The van der Waals surface area contributed by atoms with Gasteiger partial charge in [0.1, 0.15) is 11.6 Å². The third kappa shape index (κ3) is 8.55. The van der Waals surface area contributed by atoms with Gasteiger partial charge in [-0.1, -0.05) is 55.1 Å². The number of thioether (sulfide) groups is 1. The summed E-state index contributed by atoms with van der Waals surface area (Å²) in [6.07, 6.45) is 1.91. The molecule has 0 saturated carbocycles. The molecule has 0 saturated heterocycles. The van der Waals surface area contributed by atoms with E-state index in [1.165, 1.54) is 0 Å². The van der Waals surface area contributed by atoms with Gasteiger partial charge in [-0.3, -0.25) is 25.2 Å². The van der Waals surface area contributed by atoms with E-state index in [0.717, 1.165) is 28.5 Å². The Morgan fingerprint density at radius 2 is 1.68 bits per heavy atom. The van der Waals surface area contributed by atoms with Gasteiger partial charge >= 0.3 is 6.09 Å². The van der Waals surface area contributed by atoms with Crippen molar-refractivity contribution in [2.75, 3.05) is 11.1 Å². The van der Waals surface area contributed by atoms with Gasteiger partial charge in [-0.25, -0.2) is 4.79 Å². The van der Waals surface area contributed by atoms with Gasteiger partial charge in [-0.05, 0) is 50.5 Å². The number of aromatic nitrogens is 1. The summed E-state index contributed by atoms with van der Waals surface area (Å²) in [7, 11) is 0. The lowest BCUT2D eigenvalue weighted by Gasteiger charge is -2.23. The van der Waals surface area contributed by atoms with E-state index in [1.54, 1.807) is 33.0 Å². The zero-order valence-electron chi connectivity index (χ0n) is 21.8. The Kier molecular flexibility index (Phi) is 9.78. The molecule has 4 amide bonds. The molecule has 1 aromatic heterocycles. The van der Waals surface area contributed by atoms with Gasteiger partial charge in [-0.2, -0.15) is 0 Å². The Morgan fingerprint density at radius 1 is 0.974 bits per heavy atom. The molecule has 0 aliphatic rings. The number of nitrogens with one attached hydrogen (secondary N) is 5. The molecular formula is C27H33N5O5S. The quantitative estimate of drug-likeness (QED) is 0.271. The summed E-state index contributed by atoms with van der Waals surface area (Å²) in [5.41, 5.74) is 7.25. The third-order valence-electron chi connectivity index (χ3n) is 5.40. The molecule has 0 aliphatic heterocycles. The molecular weight excluding hydrogens is 506 g/mol. The molecule has 5 N–H and O–H groups in total. The van der Waals surface area contributed by atoms with Crippen molar-refractivity contribution < 1.29 is 23.9 Å². The zero-order valence-corrected chi connectivity index (χ0v) is 22.7. The first-order valence-corrected chi connectivity index (χ1v) is 13.2. The van der Waals surface area contributed by atoms with Crippen LogP contribution >= 0.6 is 11.8 Å². The second kappa shape index (κ2) is 13.0. The average molecular weight is 540 g/mol. The summed E-state index contributed by atoms with van der Waals surface area (Å²) in [5.74, 6) is -1.13. The predicted molar refractivity (Wildman–Crippen MR) is 149 cm³/mol. The highest BCUT2D eigenvalue weighted by molar-refractivity contribution is 8.14. The van der Waals surface area contributed by atoms with E-state index in [-0.39, 0.29) is 18.1 Å². The van der Waals surface area contributed by atoms with E-state index in [0.29, 0.717) is 17.4 Å². The number of amides is 4. The highest BCUT2D eigenvalue weighted by Gasteiger charge is 2.26. The van der Waals surface area contributed by atoms with Crippen LogP contribution in [0.2, 0.25) is 0 Å². The van der Waals surface area contributed by atoms with E-state index < -0.39 is 28.9 Å². The van der Waals surface area contributed by atoms with Crippen LogP contribution < -0.4 is 21.5 Å². The Bertz CT molecular complexity index is 1300. The first kappa shape index (κ1) is 28.6. The molecule has 10 nitrogen and oxygen atoms in total. The van der Waals surface area contributed by atoms with Crippen molar-refractivity contribution in [1.29, 1.82) is 0 Å². The number of para-hydroxylation sites is 2. The van der Waals surface area contributed by atoms with Crippen LogP contribution in [-0.4, -0.2) is 45.5 Å². The summed E-state index contributed by atoms with van der Waals surface area (Å²) >= 11 is 0.706. The number of anilines is 1. The van der Waals surface area contributed by atoms with E-state index >= 15 is 0 Å². The fourth-order valence-electron chi connectivity index (χ4n) is 3.68. The minimum Gasteiger partial charge on any atom is -0.444 e. The van der Waals surface area contributed by atoms with E-state index in [1.807, 2.05) is 49.4 Å². The number of H-pyrrole nitrogens is 1. The number of aromatic amines is 1. The Morgan fingerprint density at radius 3 is 2.42 bits per heavy atom. The molecule has 0 radical (unpaired) electrons. The molecule has 0 fully saturated rings. The van der Waals surface area contributed by atoms with Crippen molar-refractivity contribution >= 4 is 51.5 Å². The molecule has 1 atom stereocenters. The molecule has 0 spiro atoms. The highest BCUT2D eigenvalue weighted by atomic mass is 32.2. The van der Waals surface area contributed by atoms with E-state index in [2.05, 4.69) is 26.5 Å². The molecule has 38 heavy (non-hydrogen) atoms. The number of alkyl carbamates (subject to hydrolysis) is 1. The van der Waals surface area contributed by atoms with Crippen molar-refractivity contribution in [2.24, 2.45) is 0 Å². The van der Waals surface area contributed by atoms with Crippen LogP contribution in [0.4, 0.5) is 15.3 Å². The van der Waals surface area contributed by atoms with Gasteiger partial charge in [0.05, 0.1) is 5.75 Å². The van der Waals surface area contributed by atoms with Crippen LogP contribution in [0, 0.1) is 0 Å². The number of rotatable bonds is 8. The molecule has 11 heteroatoms. The number of hydrogen-bond donors (Lipinski definition) is 5. The summed E-state index contributed by atoms with van der Waals surface area (Å²) in [5, 5.41) is 5.65. The van der Waals surface area contributed by atoms with Gasteiger partial charge < -0.3 is 20.4 Å². The summed E-state index contributed by atoms with van der Waals surface area (Å²) < 4.78 is 5.31. The monoisotopic (exact) mass is 539 g/mol. The summed E-state index contributed by atoms with van der Waals surface area (Å²) in [6, 6.07) is 14.0. The Labute approximate surface area is 225 Å². The Hall–Kier alpha value is -3.99. The lowest BCUT2D eigenvalue weighted by atomic mass is 10.0. The van der Waals surface area contributed by atoms with Crippen molar-refractivity contribution in [3.63, 3.8) is 0 Å². The van der Waals surface area contributed by atoms with Gasteiger partial charge in [0.15, 0.2) is 0 Å². The second-order valence-corrected chi connectivity index (χ2v) is 10.5. The van der Waals surface area contributed by atoms with Gasteiger partial charge in [0.2, 0.25) is 5.91 Å². The van der Waals surface area contributed by atoms with Gasteiger partial charge in [0.25, 0.3) is 11.1 Å². The van der Waals surface area contributed by atoms with Crippen LogP contribution in [-0.2, 0) is 27.2 Å². The van der Waals surface area contributed by atoms with Crippen LogP contribution in [0.3, 0.4) is 0 Å². The van der Waals surface area contributed by atoms with Gasteiger partial charge in [-0.15, -0.1) is 0 Å². The number of hydrazine groups is 1. The van der Waals surface area contributed by atoms with Crippen LogP contribution in [0.5, 0.6) is 0 Å². The summed E-state index contributed by atoms with van der Waals surface area (Å²) in [6.45, 7) is 7.14. The number of benzene rings is 2. The minimum absolute atomic E-state index is 0.144.